The van der Waals surface area contributed by atoms with Crippen LogP contribution in [0.5, 0.6) is 0 Å². The largest absolute Gasteiger partial charge is 0.477 e. The van der Waals surface area contributed by atoms with Gasteiger partial charge in [-0.3, -0.25) is 0 Å². The van der Waals surface area contributed by atoms with Gasteiger partial charge in [-0.1, -0.05) is 0 Å². The summed E-state index contributed by atoms with van der Waals surface area (Å²) in [6.45, 7) is 0.0226. The summed E-state index contributed by atoms with van der Waals surface area (Å²) in [5, 5.41) is 8.78. The third-order valence-electron chi connectivity index (χ3n) is 1.68. The molecule has 0 atom stereocenters. The van der Waals surface area contributed by atoms with Gasteiger partial charge < -0.3 is 9.67 Å². The molecule has 0 aliphatic heterocycles. The highest BCUT2D eigenvalue weighted by atomic mass is 127. The molecule has 0 bridgehead atoms. The zero-order chi connectivity index (χ0) is 12.3. The zero-order valence-corrected chi connectivity index (χ0v) is 10.8. The lowest BCUT2D eigenvalue weighted by atomic mass is 10.4. The molecule has 1 N–H and O–H groups in total. The van der Waals surface area contributed by atoms with E-state index in [1.165, 1.54) is 16.8 Å². The first-order chi connectivity index (χ1) is 7.29. The van der Waals surface area contributed by atoms with Crippen LogP contribution in [0.4, 0.5) is 13.2 Å². The number of carbonyl (C=O) groups is 1. The van der Waals surface area contributed by atoms with Gasteiger partial charge in [-0.05, 0) is 40.4 Å². The smallest absolute Gasteiger partial charge is 0.441 e. The van der Waals surface area contributed by atoms with E-state index in [0.717, 1.165) is 0 Å². The first-order valence-corrected chi connectivity index (χ1v) is 6.15. The van der Waals surface area contributed by atoms with Crippen molar-refractivity contribution < 1.29 is 23.1 Å². The Morgan fingerprint density at radius 2 is 2.19 bits per heavy atom. The fourth-order valence-electron chi connectivity index (χ4n) is 1.10. The first-order valence-electron chi connectivity index (χ1n) is 4.09. The molecule has 0 saturated carbocycles. The number of halogens is 4. The maximum absolute atomic E-state index is 11.9. The van der Waals surface area contributed by atoms with Gasteiger partial charge in [-0.2, -0.15) is 13.2 Å². The standard InChI is InChI=1S/C8H7F3INO2S/c9-8(10,11)16-2-1-13-4-5(12)3-6(13)7(14)15/h3-4H,1-2H2,(H,14,15). The molecule has 0 radical (unpaired) electrons. The maximum atomic E-state index is 11.9. The number of thioether (sulfide) groups is 1. The van der Waals surface area contributed by atoms with Crippen molar-refractivity contribution in [3.8, 4) is 0 Å². The van der Waals surface area contributed by atoms with Crippen LogP contribution in [0.15, 0.2) is 12.3 Å². The Kier molecular flexibility index (Phi) is 4.53. The lowest BCUT2D eigenvalue weighted by molar-refractivity contribution is -0.0328. The topological polar surface area (TPSA) is 42.2 Å². The van der Waals surface area contributed by atoms with Gasteiger partial charge in [0.1, 0.15) is 5.69 Å². The molecular weight excluding hydrogens is 358 g/mol. The summed E-state index contributed by atoms with van der Waals surface area (Å²) in [6, 6.07) is 1.42. The van der Waals surface area contributed by atoms with Crippen LogP contribution < -0.4 is 0 Å². The first kappa shape index (κ1) is 13.7. The highest BCUT2D eigenvalue weighted by Crippen LogP contribution is 2.30. The van der Waals surface area contributed by atoms with Gasteiger partial charge in [0, 0.05) is 22.1 Å². The molecule has 90 valence electrons. The zero-order valence-electron chi connectivity index (χ0n) is 7.79. The van der Waals surface area contributed by atoms with Gasteiger partial charge in [-0.25, -0.2) is 4.79 Å². The fourth-order valence-corrected chi connectivity index (χ4v) is 2.25. The normalized spacial score (nSPS) is 11.8. The Morgan fingerprint density at radius 1 is 1.56 bits per heavy atom. The van der Waals surface area contributed by atoms with E-state index in [1.54, 1.807) is 0 Å². The second kappa shape index (κ2) is 5.30. The summed E-state index contributed by atoms with van der Waals surface area (Å²) < 4.78 is 37.6. The number of aromatic nitrogens is 1. The number of carboxylic acid groups (broad SMARTS) is 1. The van der Waals surface area contributed by atoms with Crippen LogP contribution >= 0.6 is 34.4 Å². The summed E-state index contributed by atoms with van der Waals surface area (Å²) in [5.41, 5.74) is -4.27. The van der Waals surface area contributed by atoms with Gasteiger partial charge in [0.25, 0.3) is 0 Å². The van der Waals surface area contributed by atoms with Gasteiger partial charge >= 0.3 is 11.5 Å². The number of hydrogen-bond donors (Lipinski definition) is 1. The molecule has 0 aliphatic rings. The number of rotatable bonds is 4. The van der Waals surface area contributed by atoms with E-state index in [-0.39, 0.29) is 29.8 Å². The molecule has 0 aromatic carbocycles. The minimum Gasteiger partial charge on any atom is -0.477 e. The van der Waals surface area contributed by atoms with E-state index in [9.17, 15) is 18.0 Å². The highest BCUT2D eigenvalue weighted by molar-refractivity contribution is 14.1. The number of carboxylic acids is 1. The molecule has 16 heavy (non-hydrogen) atoms. The van der Waals surface area contributed by atoms with Gasteiger partial charge in [-0.15, -0.1) is 0 Å². The van der Waals surface area contributed by atoms with Crippen LogP contribution in [0.3, 0.4) is 0 Å². The minimum atomic E-state index is -4.27. The van der Waals surface area contributed by atoms with E-state index >= 15 is 0 Å². The lowest BCUT2D eigenvalue weighted by Gasteiger charge is -2.07. The summed E-state index contributed by atoms with van der Waals surface area (Å²) >= 11 is 1.76. The molecule has 0 aliphatic carbocycles. The van der Waals surface area contributed by atoms with Crippen LogP contribution in [0.25, 0.3) is 0 Å². The van der Waals surface area contributed by atoms with Crippen molar-refractivity contribution in [3.63, 3.8) is 0 Å². The summed E-state index contributed by atoms with van der Waals surface area (Å²) in [5.74, 6) is -1.34. The Balaban J connectivity index is 2.63. The molecular formula is C8H7F3INO2S. The number of aryl methyl sites for hydroxylation is 1. The third-order valence-corrected chi connectivity index (χ3v) is 2.98. The Labute approximate surface area is 107 Å². The summed E-state index contributed by atoms with van der Waals surface area (Å²) in [4.78, 5) is 10.7. The van der Waals surface area contributed by atoms with Crippen molar-refractivity contribution in [3.05, 3.63) is 21.5 Å². The van der Waals surface area contributed by atoms with E-state index in [1.807, 2.05) is 22.6 Å². The van der Waals surface area contributed by atoms with E-state index in [0.29, 0.717) is 3.57 Å². The van der Waals surface area contributed by atoms with Crippen LogP contribution in [-0.4, -0.2) is 26.9 Å². The number of aromatic carboxylic acids is 1. The van der Waals surface area contributed by atoms with Crippen molar-refractivity contribution in [2.75, 3.05) is 5.75 Å². The van der Waals surface area contributed by atoms with Crippen LogP contribution in [-0.2, 0) is 6.54 Å². The average molecular weight is 365 g/mol. The van der Waals surface area contributed by atoms with Gasteiger partial charge in [0.15, 0.2) is 0 Å². The van der Waals surface area contributed by atoms with E-state index in [4.69, 9.17) is 5.11 Å². The van der Waals surface area contributed by atoms with Crippen molar-refractivity contribution in [1.29, 1.82) is 0 Å². The quantitative estimate of drug-likeness (QED) is 0.835. The molecule has 1 aromatic heterocycles. The SMILES string of the molecule is O=C(O)c1cc(I)cn1CCSC(F)(F)F. The molecule has 1 aromatic rings. The predicted molar refractivity (Wildman–Crippen MR) is 62.6 cm³/mol. The van der Waals surface area contributed by atoms with Gasteiger partial charge in [0.05, 0.1) is 0 Å². The number of hydrogen-bond acceptors (Lipinski definition) is 2. The van der Waals surface area contributed by atoms with E-state index < -0.39 is 11.5 Å². The summed E-state index contributed by atoms with van der Waals surface area (Å²) in [6.07, 6.45) is 1.51. The minimum absolute atomic E-state index is 0.00664. The second-order valence-electron chi connectivity index (χ2n) is 2.84. The van der Waals surface area contributed by atoms with Crippen molar-refractivity contribution >= 4 is 40.3 Å². The van der Waals surface area contributed by atoms with Crippen LogP contribution in [0.1, 0.15) is 10.5 Å². The monoisotopic (exact) mass is 365 g/mol. The number of alkyl halides is 3. The maximum Gasteiger partial charge on any atom is 0.441 e. The lowest BCUT2D eigenvalue weighted by Crippen LogP contribution is -2.11. The molecule has 3 nitrogen and oxygen atoms in total. The molecule has 1 rings (SSSR count). The predicted octanol–water partition coefficient (Wildman–Crippen LogP) is 3.04. The average Bonchev–Trinajstić information content (AvgIpc) is 2.44. The summed E-state index contributed by atoms with van der Waals surface area (Å²) in [7, 11) is 0. The molecule has 0 saturated heterocycles. The van der Waals surface area contributed by atoms with Crippen molar-refractivity contribution in [1.82, 2.24) is 4.57 Å². The Hall–Kier alpha value is -0.380. The molecule has 0 fully saturated rings. The third kappa shape index (κ3) is 4.24. The van der Waals surface area contributed by atoms with Crippen LogP contribution in [0, 0.1) is 3.57 Å². The highest BCUT2D eigenvalue weighted by Gasteiger charge is 2.27. The number of nitrogens with zero attached hydrogens (tertiary/aromatic N) is 1. The fraction of sp³-hybridized carbons (Fsp3) is 0.375. The van der Waals surface area contributed by atoms with Crippen molar-refractivity contribution in [2.45, 2.75) is 12.1 Å². The van der Waals surface area contributed by atoms with Crippen LogP contribution in [0.2, 0.25) is 0 Å². The van der Waals surface area contributed by atoms with Gasteiger partial charge in [0.2, 0.25) is 0 Å². The molecule has 0 amide bonds. The van der Waals surface area contributed by atoms with E-state index in [2.05, 4.69) is 0 Å². The molecule has 0 unspecified atom stereocenters. The Bertz CT molecular complexity index is 391. The second-order valence-corrected chi connectivity index (χ2v) is 5.24. The molecule has 1 heterocycles. The Morgan fingerprint density at radius 3 is 2.69 bits per heavy atom. The molecule has 8 heteroatoms. The molecule has 0 spiro atoms. The van der Waals surface area contributed by atoms with Crippen molar-refractivity contribution in [2.24, 2.45) is 0 Å².